The lowest BCUT2D eigenvalue weighted by Gasteiger charge is -2.21. The Morgan fingerprint density at radius 3 is 3.00 bits per heavy atom. The summed E-state index contributed by atoms with van der Waals surface area (Å²) in [5.74, 6) is 0.340. The first-order valence-electron chi connectivity index (χ1n) is 6.23. The highest BCUT2D eigenvalue weighted by Gasteiger charge is 2.19. The number of pyridine rings is 1. The van der Waals surface area contributed by atoms with E-state index in [1.807, 2.05) is 12.1 Å². The number of aromatic nitrogens is 1. The molecule has 0 bridgehead atoms. The Labute approximate surface area is 102 Å². The second kappa shape index (κ2) is 6.35. The maximum Gasteiger partial charge on any atom is 0.224 e. The lowest BCUT2D eigenvalue weighted by atomic mass is 9.99. The van der Waals surface area contributed by atoms with Crippen molar-refractivity contribution < 1.29 is 4.79 Å². The highest BCUT2D eigenvalue weighted by atomic mass is 16.1. The molecule has 1 aromatic rings. The van der Waals surface area contributed by atoms with Crippen molar-refractivity contribution in [1.82, 2.24) is 15.6 Å². The molecule has 1 fully saturated rings. The fourth-order valence-electron chi connectivity index (χ4n) is 2.10. The van der Waals surface area contributed by atoms with Crippen LogP contribution in [-0.4, -0.2) is 30.5 Å². The zero-order valence-corrected chi connectivity index (χ0v) is 9.98. The average molecular weight is 233 g/mol. The molecule has 92 valence electrons. The normalized spacial score (nSPS) is 19.9. The molecule has 1 amide bonds. The maximum atomic E-state index is 11.8. The first-order valence-corrected chi connectivity index (χ1v) is 6.23. The number of amides is 1. The molecule has 2 N–H and O–H groups in total. The number of carbonyl (C=O) groups is 1. The van der Waals surface area contributed by atoms with Crippen LogP contribution in [0.2, 0.25) is 0 Å². The number of hydrogen-bond acceptors (Lipinski definition) is 3. The van der Waals surface area contributed by atoms with E-state index in [9.17, 15) is 4.79 Å². The number of hydrogen-bond donors (Lipinski definition) is 2. The van der Waals surface area contributed by atoms with Crippen LogP contribution in [0.15, 0.2) is 24.5 Å². The van der Waals surface area contributed by atoms with E-state index in [1.165, 1.54) is 5.56 Å². The van der Waals surface area contributed by atoms with E-state index in [1.54, 1.807) is 12.4 Å². The number of piperidine rings is 1. The lowest BCUT2D eigenvalue weighted by molar-refractivity contribution is -0.125. The van der Waals surface area contributed by atoms with Crippen LogP contribution in [0.25, 0.3) is 0 Å². The van der Waals surface area contributed by atoms with Crippen molar-refractivity contribution in [2.75, 3.05) is 19.6 Å². The summed E-state index contributed by atoms with van der Waals surface area (Å²) < 4.78 is 0. The molecule has 17 heavy (non-hydrogen) atoms. The van der Waals surface area contributed by atoms with Crippen LogP contribution < -0.4 is 10.6 Å². The van der Waals surface area contributed by atoms with Gasteiger partial charge in [0.25, 0.3) is 0 Å². The van der Waals surface area contributed by atoms with Gasteiger partial charge in [-0.05, 0) is 43.5 Å². The molecule has 4 nitrogen and oxygen atoms in total. The van der Waals surface area contributed by atoms with Gasteiger partial charge in [0.1, 0.15) is 0 Å². The largest absolute Gasteiger partial charge is 0.355 e. The summed E-state index contributed by atoms with van der Waals surface area (Å²) in [4.78, 5) is 15.8. The van der Waals surface area contributed by atoms with Crippen molar-refractivity contribution in [3.05, 3.63) is 30.1 Å². The fourth-order valence-corrected chi connectivity index (χ4v) is 2.10. The highest BCUT2D eigenvalue weighted by Crippen LogP contribution is 2.09. The molecule has 0 radical (unpaired) electrons. The van der Waals surface area contributed by atoms with E-state index in [4.69, 9.17) is 0 Å². The predicted molar refractivity (Wildman–Crippen MR) is 66.5 cm³/mol. The Kier molecular flexibility index (Phi) is 4.50. The molecule has 0 unspecified atom stereocenters. The van der Waals surface area contributed by atoms with E-state index in [-0.39, 0.29) is 11.8 Å². The van der Waals surface area contributed by atoms with Crippen LogP contribution >= 0.6 is 0 Å². The first kappa shape index (κ1) is 12.0. The first-order chi connectivity index (χ1) is 8.36. The summed E-state index contributed by atoms with van der Waals surface area (Å²) in [5.41, 5.74) is 1.21. The third kappa shape index (κ3) is 3.82. The van der Waals surface area contributed by atoms with E-state index >= 15 is 0 Å². The van der Waals surface area contributed by atoms with Crippen molar-refractivity contribution in [2.45, 2.75) is 19.3 Å². The Morgan fingerprint density at radius 1 is 1.47 bits per heavy atom. The summed E-state index contributed by atoms with van der Waals surface area (Å²) in [6.45, 7) is 2.57. The zero-order valence-electron chi connectivity index (χ0n) is 9.98. The monoisotopic (exact) mass is 233 g/mol. The minimum absolute atomic E-state index is 0.154. The number of nitrogens with zero attached hydrogens (tertiary/aromatic N) is 1. The second-order valence-electron chi connectivity index (χ2n) is 4.44. The second-order valence-corrected chi connectivity index (χ2v) is 4.44. The van der Waals surface area contributed by atoms with Crippen LogP contribution in [0, 0.1) is 5.92 Å². The molecule has 1 atom stereocenters. The van der Waals surface area contributed by atoms with Gasteiger partial charge in [0, 0.05) is 25.5 Å². The maximum absolute atomic E-state index is 11.8. The van der Waals surface area contributed by atoms with Gasteiger partial charge in [-0.25, -0.2) is 0 Å². The molecule has 0 saturated carbocycles. The summed E-state index contributed by atoms with van der Waals surface area (Å²) in [6.07, 6.45) is 6.54. The molecule has 0 aliphatic carbocycles. The van der Waals surface area contributed by atoms with Gasteiger partial charge >= 0.3 is 0 Å². The van der Waals surface area contributed by atoms with Gasteiger partial charge in [0.05, 0.1) is 5.92 Å². The van der Waals surface area contributed by atoms with Gasteiger partial charge in [-0.2, -0.15) is 0 Å². The number of carbonyl (C=O) groups excluding carboxylic acids is 1. The fraction of sp³-hybridized carbons (Fsp3) is 0.538. The SMILES string of the molecule is O=C(NCCc1ccncc1)[C@H]1CCCNC1. The van der Waals surface area contributed by atoms with Gasteiger partial charge in [0.15, 0.2) is 0 Å². The summed E-state index contributed by atoms with van der Waals surface area (Å²) in [7, 11) is 0. The molecule has 4 heteroatoms. The number of nitrogens with one attached hydrogen (secondary N) is 2. The van der Waals surface area contributed by atoms with Crippen LogP contribution in [0.5, 0.6) is 0 Å². The van der Waals surface area contributed by atoms with Crippen molar-refractivity contribution in [3.8, 4) is 0 Å². The Hall–Kier alpha value is -1.42. The van der Waals surface area contributed by atoms with Crippen LogP contribution in [-0.2, 0) is 11.2 Å². The molecule has 1 saturated heterocycles. The van der Waals surface area contributed by atoms with Crippen molar-refractivity contribution in [2.24, 2.45) is 5.92 Å². The van der Waals surface area contributed by atoms with Gasteiger partial charge in [-0.1, -0.05) is 0 Å². The van der Waals surface area contributed by atoms with E-state index < -0.39 is 0 Å². The molecule has 1 aliphatic rings. The van der Waals surface area contributed by atoms with Gasteiger partial charge in [0.2, 0.25) is 5.91 Å². The van der Waals surface area contributed by atoms with Gasteiger partial charge < -0.3 is 10.6 Å². The quantitative estimate of drug-likeness (QED) is 0.806. The highest BCUT2D eigenvalue weighted by molar-refractivity contribution is 5.78. The summed E-state index contributed by atoms with van der Waals surface area (Å²) >= 11 is 0. The third-order valence-electron chi connectivity index (χ3n) is 3.13. The van der Waals surface area contributed by atoms with E-state index in [0.29, 0.717) is 6.54 Å². The molecule has 2 rings (SSSR count). The molecule has 0 spiro atoms. The van der Waals surface area contributed by atoms with Crippen molar-refractivity contribution >= 4 is 5.91 Å². The van der Waals surface area contributed by atoms with E-state index in [0.717, 1.165) is 32.4 Å². The minimum atomic E-state index is 0.154. The summed E-state index contributed by atoms with van der Waals surface area (Å²) in [5, 5.41) is 6.26. The van der Waals surface area contributed by atoms with Crippen LogP contribution in [0.1, 0.15) is 18.4 Å². The Bertz CT molecular complexity index is 347. The molecule has 0 aromatic carbocycles. The third-order valence-corrected chi connectivity index (χ3v) is 3.13. The number of rotatable bonds is 4. The molecule has 1 aliphatic heterocycles. The zero-order chi connectivity index (χ0) is 11.9. The predicted octanol–water partition coefficient (Wildman–Crippen LogP) is 0.740. The topological polar surface area (TPSA) is 54.0 Å². The molecule has 2 heterocycles. The van der Waals surface area contributed by atoms with Gasteiger partial charge in [-0.3, -0.25) is 9.78 Å². The Morgan fingerprint density at radius 2 is 2.29 bits per heavy atom. The average Bonchev–Trinajstić information content (AvgIpc) is 2.41. The summed E-state index contributed by atoms with van der Waals surface area (Å²) in [6, 6.07) is 3.96. The minimum Gasteiger partial charge on any atom is -0.355 e. The smallest absolute Gasteiger partial charge is 0.224 e. The van der Waals surface area contributed by atoms with Crippen molar-refractivity contribution in [1.29, 1.82) is 0 Å². The van der Waals surface area contributed by atoms with E-state index in [2.05, 4.69) is 15.6 Å². The molecular weight excluding hydrogens is 214 g/mol. The lowest BCUT2D eigenvalue weighted by Crippen LogP contribution is -2.41. The van der Waals surface area contributed by atoms with Crippen LogP contribution in [0.4, 0.5) is 0 Å². The Balaban J connectivity index is 1.69. The van der Waals surface area contributed by atoms with Gasteiger partial charge in [-0.15, -0.1) is 0 Å². The van der Waals surface area contributed by atoms with Crippen molar-refractivity contribution in [3.63, 3.8) is 0 Å². The molecular formula is C13H19N3O. The molecule has 1 aromatic heterocycles. The standard InChI is InChI=1S/C13H19N3O/c17-13(12-2-1-6-15-10-12)16-9-5-11-3-7-14-8-4-11/h3-4,7-8,12,15H,1-2,5-6,9-10H2,(H,16,17)/t12-/m0/s1. The van der Waals surface area contributed by atoms with Crippen LogP contribution in [0.3, 0.4) is 0 Å².